The van der Waals surface area contributed by atoms with E-state index in [2.05, 4.69) is 9.72 Å². The maximum absolute atomic E-state index is 13.2. The Kier molecular flexibility index (Phi) is 3.83. The zero-order valence-corrected chi connectivity index (χ0v) is 8.18. The Morgan fingerprint density at radius 2 is 2.06 bits per heavy atom. The molecule has 0 unspecified atom stereocenters. The van der Waals surface area contributed by atoms with Crippen molar-refractivity contribution in [3.63, 3.8) is 0 Å². The SMILES string of the molecule is N#CCc1c(CF)cc(OC(F)(F)F)nc1F. The molecule has 0 aliphatic heterocycles. The lowest BCUT2D eigenvalue weighted by atomic mass is 10.1. The van der Waals surface area contributed by atoms with Gasteiger partial charge in [0.2, 0.25) is 11.8 Å². The summed E-state index contributed by atoms with van der Waals surface area (Å²) in [7, 11) is 0. The van der Waals surface area contributed by atoms with Crippen LogP contribution in [0.15, 0.2) is 6.07 Å². The molecule has 1 rings (SSSR count). The van der Waals surface area contributed by atoms with Crippen molar-refractivity contribution in [2.45, 2.75) is 19.5 Å². The van der Waals surface area contributed by atoms with Crippen molar-refractivity contribution in [2.24, 2.45) is 0 Å². The van der Waals surface area contributed by atoms with Gasteiger partial charge in [0.05, 0.1) is 12.5 Å². The van der Waals surface area contributed by atoms with Gasteiger partial charge < -0.3 is 4.74 Å². The number of halogens is 5. The minimum absolute atomic E-state index is 0.371. The van der Waals surface area contributed by atoms with Gasteiger partial charge in [-0.15, -0.1) is 13.2 Å². The summed E-state index contributed by atoms with van der Waals surface area (Å²) in [5.74, 6) is -2.44. The summed E-state index contributed by atoms with van der Waals surface area (Å²) in [6.45, 7) is -1.22. The number of nitrogens with zero attached hydrogens (tertiary/aromatic N) is 2. The molecule has 1 aromatic heterocycles. The fourth-order valence-corrected chi connectivity index (χ4v) is 1.12. The topological polar surface area (TPSA) is 45.9 Å². The maximum atomic E-state index is 13.2. The van der Waals surface area contributed by atoms with Gasteiger partial charge in [-0.2, -0.15) is 14.6 Å². The van der Waals surface area contributed by atoms with E-state index in [4.69, 9.17) is 5.26 Å². The van der Waals surface area contributed by atoms with E-state index in [1.807, 2.05) is 0 Å². The van der Waals surface area contributed by atoms with Crippen molar-refractivity contribution >= 4 is 0 Å². The summed E-state index contributed by atoms with van der Waals surface area (Å²) in [6, 6.07) is 2.17. The Balaban J connectivity index is 3.14. The van der Waals surface area contributed by atoms with Crippen molar-refractivity contribution in [2.75, 3.05) is 0 Å². The second-order valence-corrected chi connectivity index (χ2v) is 2.91. The Morgan fingerprint density at radius 3 is 2.53 bits per heavy atom. The van der Waals surface area contributed by atoms with E-state index in [0.717, 1.165) is 0 Å². The van der Waals surface area contributed by atoms with Crippen LogP contribution in [0.1, 0.15) is 11.1 Å². The first-order valence-electron chi connectivity index (χ1n) is 4.24. The van der Waals surface area contributed by atoms with Gasteiger partial charge in [0, 0.05) is 11.6 Å². The Labute approximate surface area is 92.4 Å². The van der Waals surface area contributed by atoms with Crippen LogP contribution in [0.25, 0.3) is 0 Å². The molecule has 0 fully saturated rings. The molecule has 0 amide bonds. The Bertz CT molecular complexity index is 452. The van der Waals surface area contributed by atoms with Crippen LogP contribution in [0.4, 0.5) is 22.0 Å². The third-order valence-corrected chi connectivity index (χ3v) is 1.76. The first-order valence-corrected chi connectivity index (χ1v) is 4.24. The monoisotopic (exact) mass is 252 g/mol. The lowest BCUT2D eigenvalue weighted by Gasteiger charge is -2.10. The molecule has 0 bridgehead atoms. The van der Waals surface area contributed by atoms with Gasteiger partial charge in [0.25, 0.3) is 0 Å². The number of hydrogen-bond acceptors (Lipinski definition) is 3. The van der Waals surface area contributed by atoms with Crippen molar-refractivity contribution < 1.29 is 26.7 Å². The van der Waals surface area contributed by atoms with Crippen LogP contribution in [0.2, 0.25) is 0 Å². The smallest absolute Gasteiger partial charge is 0.388 e. The molecule has 92 valence electrons. The van der Waals surface area contributed by atoms with Crippen LogP contribution in [0.3, 0.4) is 0 Å². The van der Waals surface area contributed by atoms with Crippen molar-refractivity contribution in [3.05, 3.63) is 23.1 Å². The molecule has 0 spiro atoms. The van der Waals surface area contributed by atoms with Gasteiger partial charge in [-0.25, -0.2) is 4.39 Å². The van der Waals surface area contributed by atoms with E-state index in [0.29, 0.717) is 6.07 Å². The minimum Gasteiger partial charge on any atom is -0.388 e. The van der Waals surface area contributed by atoms with E-state index in [9.17, 15) is 22.0 Å². The molecule has 1 heterocycles. The molecule has 0 aliphatic carbocycles. The van der Waals surface area contributed by atoms with Crippen molar-refractivity contribution in [1.29, 1.82) is 5.26 Å². The van der Waals surface area contributed by atoms with Crippen LogP contribution < -0.4 is 4.74 Å². The molecule has 0 saturated heterocycles. The largest absolute Gasteiger partial charge is 0.574 e. The number of pyridine rings is 1. The second-order valence-electron chi connectivity index (χ2n) is 2.91. The molecule has 0 radical (unpaired) electrons. The van der Waals surface area contributed by atoms with Crippen LogP contribution in [-0.2, 0) is 13.1 Å². The third-order valence-electron chi connectivity index (χ3n) is 1.76. The van der Waals surface area contributed by atoms with E-state index in [-0.39, 0.29) is 5.56 Å². The number of rotatable bonds is 3. The summed E-state index contributed by atoms with van der Waals surface area (Å²) in [5, 5.41) is 8.34. The summed E-state index contributed by atoms with van der Waals surface area (Å²) in [4.78, 5) is 2.86. The average molecular weight is 252 g/mol. The molecule has 0 aromatic carbocycles. The quantitative estimate of drug-likeness (QED) is 0.613. The van der Waals surface area contributed by atoms with Crippen LogP contribution in [-0.4, -0.2) is 11.3 Å². The molecule has 0 N–H and O–H groups in total. The number of ether oxygens (including phenoxy) is 1. The lowest BCUT2D eigenvalue weighted by molar-refractivity contribution is -0.276. The number of alkyl halides is 4. The highest BCUT2D eigenvalue weighted by molar-refractivity contribution is 5.32. The lowest BCUT2D eigenvalue weighted by Crippen LogP contribution is -2.18. The maximum Gasteiger partial charge on any atom is 0.574 e. The highest BCUT2D eigenvalue weighted by Crippen LogP contribution is 2.25. The molecule has 8 heteroatoms. The van der Waals surface area contributed by atoms with Crippen LogP contribution in [0, 0.1) is 17.3 Å². The second kappa shape index (κ2) is 4.95. The highest BCUT2D eigenvalue weighted by Gasteiger charge is 2.32. The number of aromatic nitrogens is 1. The number of nitriles is 1. The summed E-state index contributed by atoms with van der Waals surface area (Å²) in [6.07, 6.45) is -5.52. The van der Waals surface area contributed by atoms with Gasteiger partial charge in [-0.1, -0.05) is 0 Å². The summed E-state index contributed by atoms with van der Waals surface area (Å²) in [5.41, 5.74) is -0.761. The van der Waals surface area contributed by atoms with E-state index in [1.165, 1.54) is 0 Å². The molecule has 1 aromatic rings. The van der Waals surface area contributed by atoms with Gasteiger partial charge in [-0.3, -0.25) is 0 Å². The molecule has 0 atom stereocenters. The zero-order valence-electron chi connectivity index (χ0n) is 8.18. The molecular weight excluding hydrogens is 247 g/mol. The minimum atomic E-state index is -5.04. The molecular formula is C9H5F5N2O. The Morgan fingerprint density at radius 1 is 1.41 bits per heavy atom. The summed E-state index contributed by atoms with van der Waals surface area (Å²) >= 11 is 0. The molecule has 3 nitrogen and oxygen atoms in total. The van der Waals surface area contributed by atoms with Gasteiger partial charge >= 0.3 is 6.36 Å². The fourth-order valence-electron chi connectivity index (χ4n) is 1.12. The molecule has 0 saturated carbocycles. The highest BCUT2D eigenvalue weighted by atomic mass is 19.4. The zero-order chi connectivity index (χ0) is 13.1. The van der Waals surface area contributed by atoms with Crippen molar-refractivity contribution in [3.8, 4) is 11.9 Å². The Hall–Kier alpha value is -1.91. The first-order chi connectivity index (χ1) is 7.87. The van der Waals surface area contributed by atoms with E-state index >= 15 is 0 Å². The predicted octanol–water partition coefficient (Wildman–Crippen LogP) is 2.65. The van der Waals surface area contributed by atoms with E-state index < -0.39 is 36.8 Å². The van der Waals surface area contributed by atoms with Gasteiger partial charge in [0.1, 0.15) is 6.67 Å². The average Bonchev–Trinajstić information content (AvgIpc) is 2.19. The first kappa shape index (κ1) is 13.2. The third kappa shape index (κ3) is 3.55. The van der Waals surface area contributed by atoms with Crippen LogP contribution in [0.5, 0.6) is 5.88 Å². The van der Waals surface area contributed by atoms with Crippen molar-refractivity contribution in [1.82, 2.24) is 4.98 Å². The van der Waals surface area contributed by atoms with Gasteiger partial charge in [0.15, 0.2) is 0 Å². The normalized spacial score (nSPS) is 11.1. The number of hydrogen-bond donors (Lipinski definition) is 0. The van der Waals surface area contributed by atoms with Gasteiger partial charge in [-0.05, 0) is 5.56 Å². The van der Waals surface area contributed by atoms with Crippen LogP contribution >= 0.6 is 0 Å². The standard InChI is InChI=1S/C9H5F5N2O/c10-4-5-3-7(17-9(12,13)14)16-8(11)6(5)1-2-15/h3H,1,4H2. The molecule has 17 heavy (non-hydrogen) atoms. The van der Waals surface area contributed by atoms with E-state index in [1.54, 1.807) is 6.07 Å². The molecule has 0 aliphatic rings. The summed E-state index contributed by atoms with van der Waals surface area (Å²) < 4.78 is 64.5. The predicted molar refractivity (Wildman–Crippen MR) is 45.0 cm³/mol. The fraction of sp³-hybridized carbons (Fsp3) is 0.333.